The van der Waals surface area contributed by atoms with Gasteiger partial charge in [0, 0.05) is 12.1 Å². The summed E-state index contributed by atoms with van der Waals surface area (Å²) >= 11 is 0. The van der Waals surface area contributed by atoms with Gasteiger partial charge in [-0.3, -0.25) is 4.72 Å². The molecule has 2 aromatic carbocycles. The van der Waals surface area contributed by atoms with Crippen LogP contribution in [0.2, 0.25) is 0 Å². The van der Waals surface area contributed by atoms with Crippen LogP contribution in [0.5, 0.6) is 17.2 Å². The zero-order valence-corrected chi connectivity index (χ0v) is 13.9. The molecule has 0 aromatic heterocycles. The van der Waals surface area contributed by atoms with Crippen molar-refractivity contribution in [1.82, 2.24) is 0 Å². The van der Waals surface area contributed by atoms with Crippen LogP contribution in [-0.4, -0.2) is 29.7 Å². The summed E-state index contributed by atoms with van der Waals surface area (Å²) in [5, 5.41) is 0. The van der Waals surface area contributed by atoms with Crippen molar-refractivity contribution in [2.45, 2.75) is 4.90 Å². The van der Waals surface area contributed by atoms with Crippen molar-refractivity contribution in [1.29, 1.82) is 0 Å². The molecule has 1 N–H and O–H groups in total. The van der Waals surface area contributed by atoms with Gasteiger partial charge in [0.1, 0.15) is 0 Å². The summed E-state index contributed by atoms with van der Waals surface area (Å²) in [6, 6.07) is 5.03. The number of halogens is 2. The van der Waals surface area contributed by atoms with Crippen molar-refractivity contribution >= 4 is 15.7 Å². The molecule has 0 saturated carbocycles. The van der Waals surface area contributed by atoms with Gasteiger partial charge in [-0.05, 0) is 18.2 Å². The van der Waals surface area contributed by atoms with Crippen LogP contribution in [0, 0.1) is 11.6 Å². The number of ether oxygens (including phenoxy) is 3. The quantitative estimate of drug-likeness (QED) is 0.859. The lowest BCUT2D eigenvalue weighted by Gasteiger charge is -2.15. The highest BCUT2D eigenvalue weighted by Gasteiger charge is 2.20. The molecule has 9 heteroatoms. The molecule has 0 amide bonds. The molecular formula is C15H15F2NO5S. The maximum atomic E-state index is 13.3. The molecule has 0 saturated heterocycles. The monoisotopic (exact) mass is 359 g/mol. The minimum absolute atomic E-state index is 0.106. The minimum Gasteiger partial charge on any atom is -0.493 e. The molecule has 24 heavy (non-hydrogen) atoms. The van der Waals surface area contributed by atoms with Crippen molar-refractivity contribution in [2.24, 2.45) is 0 Å². The number of hydrogen-bond acceptors (Lipinski definition) is 5. The molecule has 6 nitrogen and oxygen atoms in total. The Bertz CT molecular complexity index is 830. The fraction of sp³-hybridized carbons (Fsp3) is 0.200. The Morgan fingerprint density at radius 2 is 1.46 bits per heavy atom. The first kappa shape index (κ1) is 17.8. The third-order valence-corrected chi connectivity index (χ3v) is 4.50. The van der Waals surface area contributed by atoms with E-state index in [4.69, 9.17) is 14.2 Å². The molecule has 0 radical (unpaired) electrons. The van der Waals surface area contributed by atoms with E-state index in [1.54, 1.807) is 0 Å². The van der Waals surface area contributed by atoms with Crippen LogP contribution >= 0.6 is 0 Å². The van der Waals surface area contributed by atoms with Crippen molar-refractivity contribution in [3.63, 3.8) is 0 Å². The molecule has 0 spiro atoms. The van der Waals surface area contributed by atoms with Crippen LogP contribution in [0.4, 0.5) is 14.5 Å². The second kappa shape index (κ2) is 6.91. The van der Waals surface area contributed by atoms with Crippen LogP contribution in [0.3, 0.4) is 0 Å². The molecular weight excluding hydrogens is 344 g/mol. The van der Waals surface area contributed by atoms with Gasteiger partial charge in [-0.1, -0.05) is 0 Å². The number of hydrogen-bond donors (Lipinski definition) is 1. The van der Waals surface area contributed by atoms with Crippen LogP contribution < -0.4 is 18.9 Å². The molecule has 2 rings (SSSR count). The van der Waals surface area contributed by atoms with Crippen molar-refractivity contribution < 1.29 is 31.4 Å². The van der Waals surface area contributed by atoms with E-state index in [0.717, 1.165) is 12.1 Å². The summed E-state index contributed by atoms with van der Waals surface area (Å²) in [5.74, 6) is -1.64. The standard InChI is InChI=1S/C15H15F2NO5S/c1-21-13-6-9(7-14(22-2)15(13)23-3)18-24(19,20)10-4-5-11(16)12(17)8-10/h4-8,18H,1-3H3. The van der Waals surface area contributed by atoms with E-state index in [2.05, 4.69) is 4.72 Å². The van der Waals surface area contributed by atoms with Crippen LogP contribution in [0.15, 0.2) is 35.2 Å². The van der Waals surface area contributed by atoms with Gasteiger partial charge in [0.15, 0.2) is 23.1 Å². The first-order chi connectivity index (χ1) is 11.3. The summed E-state index contributed by atoms with van der Waals surface area (Å²) in [6.45, 7) is 0. The Hall–Kier alpha value is -2.55. The van der Waals surface area contributed by atoms with E-state index in [9.17, 15) is 17.2 Å². The van der Waals surface area contributed by atoms with Gasteiger partial charge >= 0.3 is 0 Å². The number of sulfonamides is 1. The van der Waals surface area contributed by atoms with Gasteiger partial charge in [-0.15, -0.1) is 0 Å². The Morgan fingerprint density at radius 1 is 0.875 bits per heavy atom. The second-order valence-corrected chi connectivity index (χ2v) is 6.28. The Labute approximate surface area is 138 Å². The molecule has 0 aliphatic rings. The number of anilines is 1. The van der Waals surface area contributed by atoms with E-state index < -0.39 is 26.6 Å². The summed E-state index contributed by atoms with van der Waals surface area (Å²) in [6.07, 6.45) is 0. The van der Waals surface area contributed by atoms with E-state index >= 15 is 0 Å². The van der Waals surface area contributed by atoms with Gasteiger partial charge in [0.25, 0.3) is 10.0 Å². The van der Waals surface area contributed by atoms with Crippen LogP contribution in [0.1, 0.15) is 0 Å². The lowest BCUT2D eigenvalue weighted by atomic mass is 10.2. The molecule has 0 aliphatic carbocycles. The van der Waals surface area contributed by atoms with Crippen molar-refractivity contribution in [2.75, 3.05) is 26.1 Å². The summed E-state index contributed by atoms with van der Waals surface area (Å²) in [7, 11) is 0.0373. The summed E-state index contributed by atoms with van der Waals surface area (Å²) in [5.41, 5.74) is 0.106. The molecule has 130 valence electrons. The third-order valence-electron chi connectivity index (χ3n) is 3.12. The first-order valence-electron chi connectivity index (χ1n) is 6.60. The Balaban J connectivity index is 2.44. The number of benzene rings is 2. The smallest absolute Gasteiger partial charge is 0.262 e. The van der Waals surface area contributed by atoms with Crippen molar-refractivity contribution in [3.05, 3.63) is 42.0 Å². The molecule has 0 unspecified atom stereocenters. The highest BCUT2D eigenvalue weighted by atomic mass is 32.2. The highest BCUT2D eigenvalue weighted by molar-refractivity contribution is 7.92. The lowest BCUT2D eigenvalue weighted by Crippen LogP contribution is -2.13. The van der Waals surface area contributed by atoms with Gasteiger partial charge in [-0.25, -0.2) is 17.2 Å². The SMILES string of the molecule is COc1cc(NS(=O)(=O)c2ccc(F)c(F)c2)cc(OC)c1OC. The number of methoxy groups -OCH3 is 3. The maximum Gasteiger partial charge on any atom is 0.262 e. The van der Waals surface area contributed by atoms with Gasteiger partial charge in [0.2, 0.25) is 5.75 Å². The fourth-order valence-corrected chi connectivity index (χ4v) is 3.05. The zero-order valence-electron chi connectivity index (χ0n) is 13.1. The molecule has 0 atom stereocenters. The fourth-order valence-electron chi connectivity index (χ4n) is 2.00. The Morgan fingerprint density at radius 3 is 1.92 bits per heavy atom. The minimum atomic E-state index is -4.13. The van der Waals surface area contributed by atoms with E-state index in [1.165, 1.54) is 33.5 Å². The van der Waals surface area contributed by atoms with Gasteiger partial charge in [-0.2, -0.15) is 0 Å². The predicted molar refractivity (Wildman–Crippen MR) is 83.3 cm³/mol. The summed E-state index contributed by atoms with van der Waals surface area (Å²) in [4.78, 5) is -0.421. The van der Waals surface area contributed by atoms with Crippen molar-refractivity contribution in [3.8, 4) is 17.2 Å². The first-order valence-corrected chi connectivity index (χ1v) is 8.08. The average molecular weight is 359 g/mol. The number of nitrogens with one attached hydrogen (secondary N) is 1. The van der Waals surface area contributed by atoms with Gasteiger partial charge in [0.05, 0.1) is 31.9 Å². The maximum absolute atomic E-state index is 13.3. The highest BCUT2D eigenvalue weighted by Crippen LogP contribution is 2.40. The van der Waals surface area contributed by atoms with E-state index in [-0.39, 0.29) is 22.9 Å². The Kier molecular flexibility index (Phi) is 5.13. The predicted octanol–water partition coefficient (Wildman–Crippen LogP) is 2.79. The third kappa shape index (κ3) is 3.51. The molecule has 0 aliphatic heterocycles. The topological polar surface area (TPSA) is 73.9 Å². The summed E-state index contributed by atoms with van der Waals surface area (Å²) < 4.78 is 68.5. The van der Waals surface area contributed by atoms with E-state index in [0.29, 0.717) is 6.07 Å². The molecule has 0 bridgehead atoms. The zero-order chi connectivity index (χ0) is 17.9. The molecule has 2 aromatic rings. The van der Waals surface area contributed by atoms with Crippen LogP contribution in [0.25, 0.3) is 0 Å². The normalized spacial score (nSPS) is 11.0. The second-order valence-electron chi connectivity index (χ2n) is 4.60. The largest absolute Gasteiger partial charge is 0.493 e. The molecule has 0 fully saturated rings. The molecule has 0 heterocycles. The van der Waals surface area contributed by atoms with Crippen LogP contribution in [-0.2, 0) is 10.0 Å². The number of rotatable bonds is 6. The lowest BCUT2D eigenvalue weighted by molar-refractivity contribution is 0.325. The average Bonchev–Trinajstić information content (AvgIpc) is 2.55. The van der Waals surface area contributed by atoms with Gasteiger partial charge < -0.3 is 14.2 Å². The van der Waals surface area contributed by atoms with E-state index in [1.807, 2.05) is 0 Å².